The zero-order valence-electron chi connectivity index (χ0n) is 17.5. The SMILES string of the molecule is CCc1onc2c1-c1cnc(N)c(c1)O[C@H](C)c1cc(F)ccc1C(=N)/C(=N\NC)C2. The van der Waals surface area contributed by atoms with E-state index in [4.69, 9.17) is 20.4 Å². The Morgan fingerprint density at radius 3 is 2.90 bits per heavy atom. The molecule has 0 unspecified atom stereocenters. The molecule has 1 aromatic carbocycles. The van der Waals surface area contributed by atoms with Crippen molar-refractivity contribution in [1.82, 2.24) is 15.6 Å². The van der Waals surface area contributed by atoms with Crippen LogP contribution < -0.4 is 15.9 Å². The molecule has 2 bridgehead atoms. The highest BCUT2D eigenvalue weighted by Gasteiger charge is 2.26. The predicted octanol–water partition coefficient (Wildman–Crippen LogP) is 3.66. The van der Waals surface area contributed by atoms with E-state index < -0.39 is 11.9 Å². The Morgan fingerprint density at radius 1 is 1.35 bits per heavy atom. The standard InChI is InChI=1S/C22H23FN6O2/c1-4-18-20-12-7-19(22(25)27-10-12)30-11(2)15-8-13(23)5-6-14(15)21(24)17(28-26-3)9-16(20)29-31-18/h5-8,10-11,24,26H,4,9H2,1-3H3,(H2,25,27)/b24-21?,28-17-/t11-/m1/s1. The van der Waals surface area contributed by atoms with Gasteiger partial charge in [-0.15, -0.1) is 0 Å². The average Bonchev–Trinajstić information content (AvgIpc) is 3.16. The molecule has 3 aromatic rings. The summed E-state index contributed by atoms with van der Waals surface area (Å²) in [4.78, 5) is 4.29. The van der Waals surface area contributed by atoms with Gasteiger partial charge in [0.1, 0.15) is 17.7 Å². The van der Waals surface area contributed by atoms with Crippen molar-refractivity contribution >= 4 is 17.2 Å². The lowest BCUT2D eigenvalue weighted by Gasteiger charge is -2.21. The van der Waals surface area contributed by atoms with Crippen molar-refractivity contribution in [3.05, 3.63) is 58.9 Å². The first-order valence-corrected chi connectivity index (χ1v) is 9.94. The Kier molecular flexibility index (Phi) is 5.41. The number of nitrogens with zero attached hydrogens (tertiary/aromatic N) is 3. The monoisotopic (exact) mass is 422 g/mol. The van der Waals surface area contributed by atoms with Gasteiger partial charge in [-0.25, -0.2) is 9.37 Å². The van der Waals surface area contributed by atoms with E-state index in [1.54, 1.807) is 32.3 Å². The van der Waals surface area contributed by atoms with E-state index in [2.05, 4.69) is 20.7 Å². The molecule has 2 aromatic heterocycles. The van der Waals surface area contributed by atoms with Crippen LogP contribution in [0.15, 0.2) is 40.1 Å². The van der Waals surface area contributed by atoms with Crippen molar-refractivity contribution in [3.8, 4) is 16.9 Å². The minimum absolute atomic E-state index is 0.141. The Balaban J connectivity index is 1.99. The quantitative estimate of drug-likeness (QED) is 0.542. The molecule has 1 atom stereocenters. The minimum Gasteiger partial charge on any atom is -0.482 e. The highest BCUT2D eigenvalue weighted by Crippen LogP contribution is 2.36. The number of halogens is 1. The molecule has 9 heteroatoms. The van der Waals surface area contributed by atoms with Gasteiger partial charge in [-0.1, -0.05) is 12.1 Å². The molecule has 0 amide bonds. The molecule has 0 aliphatic carbocycles. The molecule has 8 nitrogen and oxygen atoms in total. The summed E-state index contributed by atoms with van der Waals surface area (Å²) in [5, 5.41) is 17.4. The van der Waals surface area contributed by atoms with Crippen LogP contribution in [0, 0.1) is 11.2 Å². The molecule has 3 heterocycles. The second-order valence-corrected chi connectivity index (χ2v) is 7.21. The van der Waals surface area contributed by atoms with Gasteiger partial charge < -0.3 is 20.4 Å². The molecule has 0 saturated heterocycles. The van der Waals surface area contributed by atoms with Crippen molar-refractivity contribution in [2.75, 3.05) is 12.8 Å². The number of hydrogen-bond acceptors (Lipinski definition) is 8. The third-order valence-electron chi connectivity index (χ3n) is 5.22. The number of nitrogen functional groups attached to an aromatic ring is 1. The number of hydrazone groups is 1. The van der Waals surface area contributed by atoms with Gasteiger partial charge in [0.25, 0.3) is 0 Å². The molecule has 1 aliphatic rings. The largest absolute Gasteiger partial charge is 0.482 e. The number of rotatable bonds is 2. The van der Waals surface area contributed by atoms with Crippen LogP contribution in [0.3, 0.4) is 0 Å². The number of hydrogen-bond donors (Lipinski definition) is 3. The Hall–Kier alpha value is -3.75. The molecule has 4 N–H and O–H groups in total. The van der Waals surface area contributed by atoms with Crippen LogP contribution in [0.5, 0.6) is 5.75 Å². The van der Waals surface area contributed by atoms with E-state index >= 15 is 0 Å². The van der Waals surface area contributed by atoms with E-state index in [1.165, 1.54) is 12.1 Å². The maximum atomic E-state index is 14.1. The fourth-order valence-corrected chi connectivity index (χ4v) is 3.72. The normalized spacial score (nSPS) is 17.2. The average molecular weight is 422 g/mol. The second-order valence-electron chi connectivity index (χ2n) is 7.21. The summed E-state index contributed by atoms with van der Waals surface area (Å²) < 4.78 is 25.8. The molecule has 160 valence electrons. The summed E-state index contributed by atoms with van der Waals surface area (Å²) in [5.74, 6) is 0.850. The fourth-order valence-electron chi connectivity index (χ4n) is 3.72. The van der Waals surface area contributed by atoms with Crippen LogP contribution in [0.25, 0.3) is 11.1 Å². The zero-order valence-corrected chi connectivity index (χ0v) is 17.5. The first-order valence-electron chi connectivity index (χ1n) is 9.94. The van der Waals surface area contributed by atoms with Crippen LogP contribution in [-0.4, -0.2) is 28.6 Å². The summed E-state index contributed by atoms with van der Waals surface area (Å²) in [6.45, 7) is 3.75. The highest BCUT2D eigenvalue weighted by molar-refractivity contribution is 6.47. The summed E-state index contributed by atoms with van der Waals surface area (Å²) >= 11 is 0. The number of ether oxygens (including phenoxy) is 1. The summed E-state index contributed by atoms with van der Waals surface area (Å²) in [6, 6.07) is 6.02. The summed E-state index contributed by atoms with van der Waals surface area (Å²) in [6.07, 6.45) is 1.91. The fraction of sp³-hybridized carbons (Fsp3) is 0.273. The number of anilines is 1. The van der Waals surface area contributed by atoms with E-state index in [9.17, 15) is 4.39 Å². The van der Waals surface area contributed by atoms with Gasteiger partial charge in [-0.05, 0) is 31.2 Å². The van der Waals surface area contributed by atoms with Gasteiger partial charge >= 0.3 is 0 Å². The topological polar surface area (TPSA) is 122 Å². The van der Waals surface area contributed by atoms with Crippen molar-refractivity contribution in [2.24, 2.45) is 5.10 Å². The lowest BCUT2D eigenvalue weighted by molar-refractivity contribution is 0.227. The predicted molar refractivity (Wildman–Crippen MR) is 116 cm³/mol. The smallest absolute Gasteiger partial charge is 0.166 e. The Morgan fingerprint density at radius 2 is 2.16 bits per heavy atom. The Labute approximate surface area is 178 Å². The molecule has 31 heavy (non-hydrogen) atoms. The molecule has 0 fully saturated rings. The van der Waals surface area contributed by atoms with Crippen molar-refractivity contribution < 1.29 is 13.7 Å². The van der Waals surface area contributed by atoms with Crippen LogP contribution in [0.2, 0.25) is 0 Å². The first kappa shape index (κ1) is 20.5. The molecule has 0 radical (unpaired) electrons. The van der Waals surface area contributed by atoms with E-state index in [0.29, 0.717) is 40.5 Å². The first-order chi connectivity index (χ1) is 14.9. The highest BCUT2D eigenvalue weighted by atomic mass is 19.1. The molecular weight excluding hydrogens is 399 g/mol. The number of pyridine rings is 1. The van der Waals surface area contributed by atoms with Gasteiger partial charge in [-0.3, -0.25) is 5.41 Å². The molecule has 0 saturated carbocycles. The van der Waals surface area contributed by atoms with Gasteiger partial charge in [0.2, 0.25) is 0 Å². The number of aryl methyl sites for hydroxylation is 1. The number of nitrogens with one attached hydrogen (secondary N) is 2. The second kappa shape index (κ2) is 8.17. The van der Waals surface area contributed by atoms with Gasteiger partial charge in [0, 0.05) is 48.3 Å². The summed E-state index contributed by atoms with van der Waals surface area (Å²) in [5.41, 5.74) is 12.5. The lowest BCUT2D eigenvalue weighted by atomic mass is 9.93. The van der Waals surface area contributed by atoms with Crippen molar-refractivity contribution in [1.29, 1.82) is 5.41 Å². The maximum Gasteiger partial charge on any atom is 0.166 e. The van der Waals surface area contributed by atoms with Crippen LogP contribution >= 0.6 is 0 Å². The van der Waals surface area contributed by atoms with Crippen molar-refractivity contribution in [3.63, 3.8) is 0 Å². The van der Waals surface area contributed by atoms with E-state index in [1.807, 2.05) is 6.92 Å². The number of aromatic nitrogens is 2. The van der Waals surface area contributed by atoms with Gasteiger partial charge in [0.15, 0.2) is 11.6 Å². The molecular formula is C22H23FN6O2. The zero-order chi connectivity index (χ0) is 22.1. The Bertz CT molecular complexity index is 1190. The lowest BCUT2D eigenvalue weighted by Crippen LogP contribution is -2.23. The number of benzene rings is 1. The van der Waals surface area contributed by atoms with Gasteiger partial charge in [-0.2, -0.15) is 5.10 Å². The maximum absolute atomic E-state index is 14.1. The summed E-state index contributed by atoms with van der Waals surface area (Å²) in [7, 11) is 1.66. The number of nitrogens with two attached hydrogens (primary N) is 1. The third kappa shape index (κ3) is 3.74. The van der Waals surface area contributed by atoms with Crippen LogP contribution in [-0.2, 0) is 12.8 Å². The minimum atomic E-state index is -0.590. The molecule has 0 spiro atoms. The van der Waals surface area contributed by atoms with E-state index in [-0.39, 0.29) is 18.0 Å². The molecule has 4 rings (SSSR count). The number of fused-ring (bicyclic) bond motifs is 5. The van der Waals surface area contributed by atoms with Crippen molar-refractivity contribution in [2.45, 2.75) is 32.8 Å². The van der Waals surface area contributed by atoms with Gasteiger partial charge in [0.05, 0.1) is 17.1 Å². The third-order valence-corrected chi connectivity index (χ3v) is 5.22. The van der Waals surface area contributed by atoms with Crippen LogP contribution in [0.4, 0.5) is 10.2 Å². The van der Waals surface area contributed by atoms with E-state index in [0.717, 1.165) is 11.1 Å². The van der Waals surface area contributed by atoms with Crippen LogP contribution in [0.1, 0.15) is 42.5 Å². The molecule has 1 aliphatic heterocycles.